The molecule has 19 heavy (non-hydrogen) atoms. The molecule has 1 aliphatic rings. The first kappa shape index (κ1) is 14.7. The second-order valence-electron chi connectivity index (χ2n) is 4.83. The van der Waals surface area contributed by atoms with Gasteiger partial charge in [-0.2, -0.15) is 0 Å². The molecule has 1 saturated heterocycles. The summed E-state index contributed by atoms with van der Waals surface area (Å²) in [6.07, 6.45) is 0.826. The van der Waals surface area contributed by atoms with Crippen LogP contribution in [0.3, 0.4) is 0 Å². The van der Waals surface area contributed by atoms with Crippen molar-refractivity contribution in [2.24, 2.45) is 5.73 Å². The Bertz CT molecular complexity index is 562. The lowest BCUT2D eigenvalue weighted by molar-refractivity contribution is 0.407. The van der Waals surface area contributed by atoms with Crippen LogP contribution in [0.1, 0.15) is 12.0 Å². The number of nitrogens with two attached hydrogens (primary N) is 1. The van der Waals surface area contributed by atoms with E-state index in [0.29, 0.717) is 10.6 Å². The summed E-state index contributed by atoms with van der Waals surface area (Å²) in [7, 11) is -1.53. The molecule has 0 radical (unpaired) electrons. The number of likely N-dealkylation sites (tertiary alicyclic amines) is 1. The lowest BCUT2D eigenvalue weighted by Gasteiger charge is -2.14. The van der Waals surface area contributed by atoms with Crippen LogP contribution in [0.25, 0.3) is 0 Å². The van der Waals surface area contributed by atoms with Crippen LogP contribution in [0.4, 0.5) is 0 Å². The number of rotatable bonds is 4. The van der Waals surface area contributed by atoms with Crippen molar-refractivity contribution in [3.05, 3.63) is 28.8 Å². The predicted molar refractivity (Wildman–Crippen MR) is 75.6 cm³/mol. The molecular formula is C12H18ClN3O2S. The number of hydrogen-bond donors (Lipinski definition) is 2. The first-order chi connectivity index (χ1) is 8.92. The number of benzene rings is 1. The minimum atomic E-state index is -3.51. The smallest absolute Gasteiger partial charge is 0.240 e. The van der Waals surface area contributed by atoms with Crippen molar-refractivity contribution in [1.29, 1.82) is 0 Å². The van der Waals surface area contributed by atoms with Crippen molar-refractivity contribution in [2.45, 2.75) is 23.9 Å². The summed E-state index contributed by atoms with van der Waals surface area (Å²) >= 11 is 5.93. The molecule has 0 aliphatic carbocycles. The van der Waals surface area contributed by atoms with Crippen LogP contribution in [0, 0.1) is 0 Å². The number of hydrogen-bond acceptors (Lipinski definition) is 4. The van der Waals surface area contributed by atoms with Gasteiger partial charge in [0.05, 0.1) is 4.90 Å². The molecule has 0 amide bonds. The minimum absolute atomic E-state index is 0.0352. The molecule has 2 rings (SSSR count). The lowest BCUT2D eigenvalue weighted by atomic mass is 10.2. The Balaban J connectivity index is 2.19. The highest BCUT2D eigenvalue weighted by molar-refractivity contribution is 7.89. The van der Waals surface area contributed by atoms with Gasteiger partial charge in [0.1, 0.15) is 0 Å². The third-order valence-electron chi connectivity index (χ3n) is 3.26. The largest absolute Gasteiger partial charge is 0.326 e. The first-order valence-electron chi connectivity index (χ1n) is 6.12. The van der Waals surface area contributed by atoms with E-state index in [9.17, 15) is 8.42 Å². The Labute approximate surface area is 118 Å². The van der Waals surface area contributed by atoms with Gasteiger partial charge in [-0.1, -0.05) is 11.6 Å². The Kier molecular flexibility index (Phi) is 4.47. The summed E-state index contributed by atoms with van der Waals surface area (Å²) in [4.78, 5) is 2.31. The lowest BCUT2D eigenvalue weighted by Crippen LogP contribution is -2.36. The van der Waals surface area contributed by atoms with E-state index in [-0.39, 0.29) is 17.5 Å². The minimum Gasteiger partial charge on any atom is -0.326 e. The van der Waals surface area contributed by atoms with Gasteiger partial charge >= 0.3 is 0 Å². The standard InChI is InChI=1S/C12H18ClN3O2S/c1-16-5-4-10(8-16)15-19(17,18)11-2-3-12(13)9(6-11)7-14/h2-3,6,10,15H,4-5,7-8,14H2,1H3. The monoisotopic (exact) mass is 303 g/mol. The molecule has 7 heteroatoms. The zero-order valence-corrected chi connectivity index (χ0v) is 12.3. The van der Waals surface area contributed by atoms with E-state index in [1.165, 1.54) is 12.1 Å². The van der Waals surface area contributed by atoms with Gasteiger partial charge < -0.3 is 10.6 Å². The Morgan fingerprint density at radius 3 is 2.84 bits per heavy atom. The van der Waals surface area contributed by atoms with Crippen LogP contribution >= 0.6 is 11.6 Å². The van der Waals surface area contributed by atoms with E-state index in [4.69, 9.17) is 17.3 Å². The maximum Gasteiger partial charge on any atom is 0.240 e. The van der Waals surface area contributed by atoms with E-state index >= 15 is 0 Å². The summed E-state index contributed by atoms with van der Waals surface area (Å²) in [6.45, 7) is 1.85. The zero-order valence-electron chi connectivity index (χ0n) is 10.8. The fourth-order valence-corrected chi connectivity index (χ4v) is 3.70. The molecule has 106 valence electrons. The molecule has 1 aromatic rings. The predicted octanol–water partition coefficient (Wildman–Crippen LogP) is 0.781. The molecule has 1 aliphatic heterocycles. The van der Waals surface area contributed by atoms with E-state index in [1.807, 2.05) is 7.05 Å². The van der Waals surface area contributed by atoms with Crippen molar-refractivity contribution in [3.8, 4) is 0 Å². The van der Waals surface area contributed by atoms with E-state index < -0.39 is 10.0 Å². The third-order valence-corrected chi connectivity index (χ3v) is 5.15. The highest BCUT2D eigenvalue weighted by atomic mass is 35.5. The van der Waals surface area contributed by atoms with Gasteiger partial charge in [0.2, 0.25) is 10.0 Å². The van der Waals surface area contributed by atoms with Gasteiger partial charge in [-0.25, -0.2) is 13.1 Å². The molecule has 1 aromatic carbocycles. The first-order valence-corrected chi connectivity index (χ1v) is 7.98. The molecule has 5 nitrogen and oxygen atoms in total. The normalized spacial score (nSPS) is 20.9. The van der Waals surface area contributed by atoms with Gasteiger partial charge in [0.15, 0.2) is 0 Å². The van der Waals surface area contributed by atoms with Crippen molar-refractivity contribution >= 4 is 21.6 Å². The van der Waals surface area contributed by atoms with E-state index in [0.717, 1.165) is 19.5 Å². The SMILES string of the molecule is CN1CCC(NS(=O)(=O)c2ccc(Cl)c(CN)c2)C1. The molecular weight excluding hydrogens is 286 g/mol. The number of halogens is 1. The highest BCUT2D eigenvalue weighted by Crippen LogP contribution is 2.21. The molecule has 0 bridgehead atoms. The summed E-state index contributed by atoms with van der Waals surface area (Å²) in [5, 5.41) is 0.488. The second kappa shape index (κ2) is 5.76. The van der Waals surface area contributed by atoms with Gasteiger partial charge in [0.25, 0.3) is 0 Å². The molecule has 1 atom stereocenters. The average Bonchev–Trinajstić information content (AvgIpc) is 2.74. The van der Waals surface area contributed by atoms with Gasteiger partial charge in [-0.3, -0.25) is 0 Å². The maximum absolute atomic E-state index is 12.3. The number of nitrogens with one attached hydrogen (secondary N) is 1. The van der Waals surface area contributed by atoms with E-state index in [1.54, 1.807) is 6.07 Å². The van der Waals surface area contributed by atoms with Crippen LogP contribution in [0.5, 0.6) is 0 Å². The number of nitrogens with zero attached hydrogens (tertiary/aromatic N) is 1. The summed E-state index contributed by atoms with van der Waals surface area (Å²) in [5.74, 6) is 0. The molecule has 1 unspecified atom stereocenters. The van der Waals surface area contributed by atoms with Crippen LogP contribution in [0.15, 0.2) is 23.1 Å². The summed E-state index contributed by atoms with van der Waals surface area (Å²) < 4.78 is 27.2. The third kappa shape index (κ3) is 3.46. The molecule has 3 N–H and O–H groups in total. The Morgan fingerprint density at radius 2 is 2.26 bits per heavy atom. The van der Waals surface area contributed by atoms with E-state index in [2.05, 4.69) is 9.62 Å². The molecule has 0 saturated carbocycles. The molecule has 0 spiro atoms. The highest BCUT2D eigenvalue weighted by Gasteiger charge is 2.25. The van der Waals surface area contributed by atoms with Gasteiger partial charge in [0, 0.05) is 24.2 Å². The van der Waals surface area contributed by atoms with Crippen LogP contribution in [-0.4, -0.2) is 39.5 Å². The average molecular weight is 304 g/mol. The van der Waals surface area contributed by atoms with Crippen molar-refractivity contribution < 1.29 is 8.42 Å². The van der Waals surface area contributed by atoms with Crippen LogP contribution in [0.2, 0.25) is 5.02 Å². The Morgan fingerprint density at radius 1 is 1.53 bits per heavy atom. The zero-order chi connectivity index (χ0) is 14.0. The fourth-order valence-electron chi connectivity index (χ4n) is 2.19. The molecule has 1 fully saturated rings. The molecule has 0 aromatic heterocycles. The summed E-state index contributed by atoms with van der Waals surface area (Å²) in [6, 6.07) is 4.57. The number of sulfonamides is 1. The van der Waals surface area contributed by atoms with Crippen molar-refractivity contribution in [1.82, 2.24) is 9.62 Å². The summed E-state index contributed by atoms with van der Waals surface area (Å²) in [5.41, 5.74) is 6.17. The fraction of sp³-hybridized carbons (Fsp3) is 0.500. The van der Waals surface area contributed by atoms with Crippen molar-refractivity contribution in [2.75, 3.05) is 20.1 Å². The topological polar surface area (TPSA) is 75.4 Å². The van der Waals surface area contributed by atoms with Gasteiger partial charge in [-0.05, 0) is 43.8 Å². The second-order valence-corrected chi connectivity index (χ2v) is 6.95. The van der Waals surface area contributed by atoms with Crippen LogP contribution < -0.4 is 10.5 Å². The Hall–Kier alpha value is -0.660. The quantitative estimate of drug-likeness (QED) is 0.862. The van der Waals surface area contributed by atoms with Crippen molar-refractivity contribution in [3.63, 3.8) is 0 Å². The molecule has 1 heterocycles. The van der Waals surface area contributed by atoms with Crippen LogP contribution in [-0.2, 0) is 16.6 Å². The number of likely N-dealkylation sites (N-methyl/N-ethyl adjacent to an activating group) is 1. The van der Waals surface area contributed by atoms with Gasteiger partial charge in [-0.15, -0.1) is 0 Å². The maximum atomic E-state index is 12.3.